The molecule has 0 radical (unpaired) electrons. The van der Waals surface area contributed by atoms with Gasteiger partial charge >= 0.3 is 6.03 Å². The third-order valence-corrected chi connectivity index (χ3v) is 3.55. The molecular formula is C15H30N4O2. The predicted octanol–water partition coefficient (Wildman–Crippen LogP) is 0.932. The van der Waals surface area contributed by atoms with Crippen molar-refractivity contribution in [1.29, 1.82) is 0 Å². The van der Waals surface area contributed by atoms with E-state index in [1.165, 1.54) is 0 Å². The fourth-order valence-corrected chi connectivity index (χ4v) is 2.65. The third-order valence-electron chi connectivity index (χ3n) is 3.55. The zero-order valence-corrected chi connectivity index (χ0v) is 13.6. The van der Waals surface area contributed by atoms with Gasteiger partial charge in [-0.05, 0) is 58.7 Å². The number of nitrogens with one attached hydrogen (secondary N) is 3. The molecule has 0 aromatic heterocycles. The van der Waals surface area contributed by atoms with E-state index >= 15 is 0 Å². The van der Waals surface area contributed by atoms with E-state index in [1.54, 1.807) is 0 Å². The Balaban J connectivity index is 2.37. The lowest BCUT2D eigenvalue weighted by atomic mass is 9.97. The van der Waals surface area contributed by atoms with Gasteiger partial charge in [0.25, 0.3) is 0 Å². The number of hydrogen-bond donors (Lipinski definition) is 3. The molecule has 6 heteroatoms. The van der Waals surface area contributed by atoms with Crippen molar-refractivity contribution in [1.82, 2.24) is 20.9 Å². The van der Waals surface area contributed by atoms with E-state index < -0.39 is 6.03 Å². The molecule has 122 valence electrons. The van der Waals surface area contributed by atoms with Gasteiger partial charge in [0.15, 0.2) is 0 Å². The van der Waals surface area contributed by atoms with Gasteiger partial charge < -0.3 is 10.6 Å². The van der Waals surface area contributed by atoms with Gasteiger partial charge in [-0.25, -0.2) is 4.79 Å². The van der Waals surface area contributed by atoms with Crippen molar-refractivity contribution < 1.29 is 9.59 Å². The van der Waals surface area contributed by atoms with Crippen molar-refractivity contribution >= 4 is 11.9 Å². The number of amides is 3. The van der Waals surface area contributed by atoms with Crippen LogP contribution in [0.2, 0.25) is 0 Å². The molecule has 0 spiro atoms. The molecule has 1 fully saturated rings. The van der Waals surface area contributed by atoms with Crippen LogP contribution in [0.15, 0.2) is 0 Å². The Morgan fingerprint density at radius 1 is 1.29 bits per heavy atom. The molecule has 0 unspecified atom stereocenters. The number of hydrogen-bond acceptors (Lipinski definition) is 4. The Morgan fingerprint density at radius 2 is 1.95 bits per heavy atom. The summed E-state index contributed by atoms with van der Waals surface area (Å²) in [5, 5.41) is 8.41. The molecule has 1 aliphatic rings. The molecular weight excluding hydrogens is 268 g/mol. The third kappa shape index (κ3) is 8.02. The Bertz CT molecular complexity index is 328. The second-order valence-electron chi connectivity index (χ2n) is 6.10. The predicted molar refractivity (Wildman–Crippen MR) is 84.1 cm³/mol. The Labute approximate surface area is 128 Å². The molecule has 3 N–H and O–H groups in total. The zero-order chi connectivity index (χ0) is 15.7. The minimum Gasteiger partial charge on any atom is -0.336 e. The van der Waals surface area contributed by atoms with Crippen molar-refractivity contribution in [3.05, 3.63) is 0 Å². The molecule has 3 amide bonds. The standard InChI is InChI=1S/C15H30N4O2/c1-4-9-19(10-13-5-7-16-8-6-13)11-14(20)18-15(21)17-12(2)3/h12-13,16H,4-11H2,1-3H3,(H2,17,18,20,21). The number of nitrogens with zero attached hydrogens (tertiary/aromatic N) is 1. The number of carbonyl (C=O) groups excluding carboxylic acids is 2. The number of carbonyl (C=O) groups is 2. The normalized spacial score (nSPS) is 16.2. The van der Waals surface area contributed by atoms with E-state index in [4.69, 9.17) is 0 Å². The van der Waals surface area contributed by atoms with Gasteiger partial charge in [0.1, 0.15) is 0 Å². The quantitative estimate of drug-likeness (QED) is 0.654. The topological polar surface area (TPSA) is 73.5 Å². The average Bonchev–Trinajstić information content (AvgIpc) is 2.38. The number of piperidine rings is 1. The molecule has 0 saturated carbocycles. The second kappa shape index (κ2) is 9.73. The van der Waals surface area contributed by atoms with E-state index in [-0.39, 0.29) is 11.9 Å². The first-order valence-corrected chi connectivity index (χ1v) is 8.04. The summed E-state index contributed by atoms with van der Waals surface area (Å²) in [7, 11) is 0. The lowest BCUT2D eigenvalue weighted by Gasteiger charge is -2.29. The van der Waals surface area contributed by atoms with E-state index in [2.05, 4.69) is 27.8 Å². The first-order valence-electron chi connectivity index (χ1n) is 8.04. The Kier molecular flexibility index (Phi) is 8.30. The second-order valence-corrected chi connectivity index (χ2v) is 6.10. The van der Waals surface area contributed by atoms with Crippen LogP contribution >= 0.6 is 0 Å². The SMILES string of the molecule is CCCN(CC(=O)NC(=O)NC(C)C)CC1CCNCC1. The summed E-state index contributed by atoms with van der Waals surface area (Å²) in [5.41, 5.74) is 0. The smallest absolute Gasteiger partial charge is 0.321 e. The van der Waals surface area contributed by atoms with Crippen LogP contribution in [-0.2, 0) is 4.79 Å². The van der Waals surface area contributed by atoms with E-state index in [0.717, 1.165) is 45.4 Å². The van der Waals surface area contributed by atoms with Crippen molar-refractivity contribution in [2.75, 3.05) is 32.7 Å². The van der Waals surface area contributed by atoms with Gasteiger partial charge in [0.2, 0.25) is 5.91 Å². The fraction of sp³-hybridized carbons (Fsp3) is 0.867. The number of rotatable bonds is 7. The molecule has 6 nitrogen and oxygen atoms in total. The molecule has 0 aromatic carbocycles. The highest BCUT2D eigenvalue weighted by molar-refractivity contribution is 5.95. The van der Waals surface area contributed by atoms with Gasteiger partial charge in [-0.3, -0.25) is 15.0 Å². The van der Waals surface area contributed by atoms with Gasteiger partial charge in [0, 0.05) is 12.6 Å². The highest BCUT2D eigenvalue weighted by Crippen LogP contribution is 2.13. The molecule has 0 aliphatic carbocycles. The molecule has 1 saturated heterocycles. The molecule has 1 aliphatic heterocycles. The lowest BCUT2D eigenvalue weighted by molar-refractivity contribution is -0.121. The summed E-state index contributed by atoms with van der Waals surface area (Å²) in [6.07, 6.45) is 3.34. The van der Waals surface area contributed by atoms with Crippen LogP contribution in [0.3, 0.4) is 0 Å². The summed E-state index contributed by atoms with van der Waals surface area (Å²) in [4.78, 5) is 25.6. The van der Waals surface area contributed by atoms with E-state index in [9.17, 15) is 9.59 Å². The number of imide groups is 1. The Morgan fingerprint density at radius 3 is 2.52 bits per heavy atom. The monoisotopic (exact) mass is 298 g/mol. The summed E-state index contributed by atoms with van der Waals surface area (Å²) >= 11 is 0. The van der Waals surface area contributed by atoms with Crippen molar-refractivity contribution in [3.63, 3.8) is 0 Å². The Hall–Kier alpha value is -1.14. The van der Waals surface area contributed by atoms with Crippen LogP contribution in [0.1, 0.15) is 40.0 Å². The summed E-state index contributed by atoms with van der Waals surface area (Å²) in [5.74, 6) is 0.422. The zero-order valence-electron chi connectivity index (χ0n) is 13.6. The first-order chi connectivity index (χ1) is 10.0. The maximum Gasteiger partial charge on any atom is 0.321 e. The van der Waals surface area contributed by atoms with Gasteiger partial charge in [-0.2, -0.15) is 0 Å². The largest absolute Gasteiger partial charge is 0.336 e. The van der Waals surface area contributed by atoms with Gasteiger partial charge in [-0.1, -0.05) is 6.92 Å². The van der Waals surface area contributed by atoms with E-state index in [1.807, 2.05) is 13.8 Å². The highest BCUT2D eigenvalue weighted by Gasteiger charge is 2.19. The molecule has 1 heterocycles. The molecule has 1 rings (SSSR count). The summed E-state index contributed by atoms with van der Waals surface area (Å²) in [6.45, 7) is 10.1. The van der Waals surface area contributed by atoms with Crippen LogP contribution in [0.5, 0.6) is 0 Å². The molecule has 21 heavy (non-hydrogen) atoms. The molecule has 0 bridgehead atoms. The van der Waals surface area contributed by atoms with Crippen LogP contribution in [0.4, 0.5) is 4.79 Å². The minimum atomic E-state index is -0.409. The summed E-state index contributed by atoms with van der Waals surface area (Å²) < 4.78 is 0. The lowest BCUT2D eigenvalue weighted by Crippen LogP contribution is -2.47. The molecule has 0 aromatic rings. The first kappa shape index (κ1) is 17.9. The maximum absolute atomic E-state index is 11.9. The average molecular weight is 298 g/mol. The van der Waals surface area contributed by atoms with Gasteiger partial charge in [-0.15, -0.1) is 0 Å². The summed E-state index contributed by atoms with van der Waals surface area (Å²) in [6, 6.07) is -0.382. The van der Waals surface area contributed by atoms with Crippen LogP contribution in [-0.4, -0.2) is 55.6 Å². The van der Waals surface area contributed by atoms with E-state index in [0.29, 0.717) is 12.5 Å². The van der Waals surface area contributed by atoms with Gasteiger partial charge in [0.05, 0.1) is 6.54 Å². The van der Waals surface area contributed by atoms with Crippen LogP contribution in [0.25, 0.3) is 0 Å². The van der Waals surface area contributed by atoms with Crippen LogP contribution in [0, 0.1) is 5.92 Å². The number of urea groups is 1. The minimum absolute atomic E-state index is 0.0271. The van der Waals surface area contributed by atoms with Crippen molar-refractivity contribution in [3.8, 4) is 0 Å². The van der Waals surface area contributed by atoms with Crippen molar-refractivity contribution in [2.24, 2.45) is 5.92 Å². The van der Waals surface area contributed by atoms with Crippen LogP contribution < -0.4 is 16.0 Å². The maximum atomic E-state index is 11.9. The highest BCUT2D eigenvalue weighted by atomic mass is 16.2. The molecule has 0 atom stereocenters. The fourth-order valence-electron chi connectivity index (χ4n) is 2.65. The van der Waals surface area contributed by atoms with Crippen molar-refractivity contribution in [2.45, 2.75) is 46.1 Å².